The number of anilines is 1. The van der Waals surface area contributed by atoms with Gasteiger partial charge >= 0.3 is 5.97 Å². The maximum atomic E-state index is 13.0. The second-order valence-corrected chi connectivity index (χ2v) is 6.81. The zero-order valence-corrected chi connectivity index (χ0v) is 13.6. The fourth-order valence-electron chi connectivity index (χ4n) is 4.18. The minimum absolute atomic E-state index is 0.289. The van der Waals surface area contributed by atoms with Crippen molar-refractivity contribution >= 4 is 23.5 Å². The zero-order valence-electron chi connectivity index (χ0n) is 13.6. The molecule has 0 aromatic heterocycles. The Kier molecular flexibility index (Phi) is 2.85. The predicted octanol–water partition coefficient (Wildman–Crippen LogP) is 1.70. The molecule has 1 aromatic rings. The standard InChI is InChI=1S/C18H17NO5/c1-17-7-8-18(2,24-17)13-12(17)14(20)19(15(13)21)11-6-4-5-10(9-11)16(22)23-3/h4-9,12-13H,1-3H3/t12-,13-,17+,18+/m0/s1. The maximum Gasteiger partial charge on any atom is 0.337 e. The van der Waals surface area contributed by atoms with Gasteiger partial charge in [0.25, 0.3) is 0 Å². The van der Waals surface area contributed by atoms with Crippen LogP contribution in [0, 0.1) is 11.8 Å². The van der Waals surface area contributed by atoms with E-state index in [4.69, 9.17) is 9.47 Å². The van der Waals surface area contributed by atoms with Crippen molar-refractivity contribution in [2.24, 2.45) is 11.8 Å². The number of methoxy groups -OCH3 is 1. The topological polar surface area (TPSA) is 72.9 Å². The lowest BCUT2D eigenvalue weighted by molar-refractivity contribution is -0.128. The van der Waals surface area contributed by atoms with E-state index in [0.29, 0.717) is 11.3 Å². The number of amides is 2. The van der Waals surface area contributed by atoms with E-state index in [1.54, 1.807) is 18.2 Å². The molecule has 2 amide bonds. The molecule has 6 heteroatoms. The lowest BCUT2D eigenvalue weighted by Gasteiger charge is -2.25. The lowest BCUT2D eigenvalue weighted by atomic mass is 9.73. The molecule has 1 aromatic carbocycles. The average molecular weight is 327 g/mol. The lowest BCUT2D eigenvalue weighted by Crippen LogP contribution is -2.39. The highest BCUT2D eigenvalue weighted by Crippen LogP contribution is 2.57. The molecular formula is C18H17NO5. The van der Waals surface area contributed by atoms with Gasteiger partial charge in [0.1, 0.15) is 0 Å². The van der Waals surface area contributed by atoms with Crippen LogP contribution in [-0.4, -0.2) is 36.1 Å². The summed E-state index contributed by atoms with van der Waals surface area (Å²) < 4.78 is 10.7. The summed E-state index contributed by atoms with van der Waals surface area (Å²) in [6, 6.07) is 6.36. The van der Waals surface area contributed by atoms with Crippen LogP contribution < -0.4 is 4.90 Å². The summed E-state index contributed by atoms with van der Waals surface area (Å²) in [6.07, 6.45) is 3.74. The average Bonchev–Trinajstić information content (AvgIpc) is 3.11. The Balaban J connectivity index is 1.76. The van der Waals surface area contributed by atoms with Gasteiger partial charge in [-0.05, 0) is 32.0 Å². The first-order valence-corrected chi connectivity index (χ1v) is 7.77. The number of fused-ring (bicyclic) bond motifs is 5. The molecule has 3 aliphatic rings. The molecule has 2 bridgehead atoms. The Morgan fingerprint density at radius 3 is 2.25 bits per heavy atom. The predicted molar refractivity (Wildman–Crippen MR) is 84.3 cm³/mol. The molecule has 3 heterocycles. The normalized spacial score (nSPS) is 36.4. The highest BCUT2D eigenvalue weighted by atomic mass is 16.5. The summed E-state index contributed by atoms with van der Waals surface area (Å²) in [5.74, 6) is -2.17. The summed E-state index contributed by atoms with van der Waals surface area (Å²) in [5.41, 5.74) is -0.849. The van der Waals surface area contributed by atoms with Crippen LogP contribution in [0.1, 0.15) is 24.2 Å². The quantitative estimate of drug-likeness (QED) is 0.470. The molecule has 0 N–H and O–H groups in total. The van der Waals surface area contributed by atoms with Gasteiger partial charge in [-0.15, -0.1) is 0 Å². The molecule has 4 rings (SSSR count). The number of hydrogen-bond donors (Lipinski definition) is 0. The number of imide groups is 1. The molecule has 3 aliphatic heterocycles. The third-order valence-corrected chi connectivity index (χ3v) is 5.25. The zero-order chi connectivity index (χ0) is 17.3. The van der Waals surface area contributed by atoms with Crippen LogP contribution in [0.3, 0.4) is 0 Å². The number of carbonyl (C=O) groups is 3. The first kappa shape index (κ1) is 15.1. The highest BCUT2D eigenvalue weighted by molar-refractivity contribution is 6.23. The first-order valence-electron chi connectivity index (χ1n) is 7.77. The number of ether oxygens (including phenoxy) is 2. The van der Waals surface area contributed by atoms with Gasteiger partial charge < -0.3 is 9.47 Å². The number of hydrogen-bond acceptors (Lipinski definition) is 5. The van der Waals surface area contributed by atoms with Gasteiger partial charge in [-0.25, -0.2) is 9.69 Å². The van der Waals surface area contributed by atoms with E-state index in [1.807, 2.05) is 26.0 Å². The summed E-state index contributed by atoms with van der Waals surface area (Å²) in [6.45, 7) is 3.66. The van der Waals surface area contributed by atoms with E-state index >= 15 is 0 Å². The van der Waals surface area contributed by atoms with Gasteiger partial charge in [-0.1, -0.05) is 18.2 Å². The Bertz CT molecular complexity index is 779. The van der Waals surface area contributed by atoms with Gasteiger partial charge in [-0.2, -0.15) is 0 Å². The summed E-state index contributed by atoms with van der Waals surface area (Å²) in [7, 11) is 1.29. The van der Waals surface area contributed by atoms with Crippen molar-refractivity contribution < 1.29 is 23.9 Å². The Morgan fingerprint density at radius 1 is 1.12 bits per heavy atom. The minimum Gasteiger partial charge on any atom is -0.465 e. The molecular weight excluding hydrogens is 310 g/mol. The molecule has 0 unspecified atom stereocenters. The number of benzene rings is 1. The van der Waals surface area contributed by atoms with Crippen LogP contribution in [0.25, 0.3) is 0 Å². The van der Waals surface area contributed by atoms with Gasteiger partial charge in [0.05, 0.1) is 41.4 Å². The molecule has 24 heavy (non-hydrogen) atoms. The first-order chi connectivity index (χ1) is 11.3. The Labute approximate surface area is 139 Å². The SMILES string of the molecule is COC(=O)c1cccc(N2C(=O)[C@@H]3[C@@H](C2=O)[C@@]2(C)C=C[C@@]3(C)O2)c1. The number of carbonyl (C=O) groups excluding carboxylic acids is 3. The van der Waals surface area contributed by atoms with Crippen LogP contribution in [0.15, 0.2) is 36.4 Å². The van der Waals surface area contributed by atoms with Crippen molar-refractivity contribution in [1.29, 1.82) is 0 Å². The van der Waals surface area contributed by atoms with E-state index < -0.39 is 29.0 Å². The van der Waals surface area contributed by atoms with Crippen LogP contribution in [0.4, 0.5) is 5.69 Å². The van der Waals surface area contributed by atoms with Gasteiger partial charge in [0.2, 0.25) is 11.8 Å². The summed E-state index contributed by atoms with van der Waals surface area (Å²) in [5, 5.41) is 0. The smallest absolute Gasteiger partial charge is 0.337 e. The van der Waals surface area contributed by atoms with E-state index in [-0.39, 0.29) is 11.8 Å². The number of esters is 1. The third kappa shape index (κ3) is 1.72. The molecule has 0 radical (unpaired) electrons. The molecule has 0 spiro atoms. The van der Waals surface area contributed by atoms with Crippen LogP contribution in [0.2, 0.25) is 0 Å². The molecule has 2 fully saturated rings. The van der Waals surface area contributed by atoms with E-state index in [1.165, 1.54) is 18.1 Å². The van der Waals surface area contributed by atoms with Crippen molar-refractivity contribution in [3.8, 4) is 0 Å². The van der Waals surface area contributed by atoms with Gasteiger partial charge in [0, 0.05) is 0 Å². The molecule has 0 aliphatic carbocycles. The van der Waals surface area contributed by atoms with Crippen molar-refractivity contribution in [3.63, 3.8) is 0 Å². The number of nitrogens with zero attached hydrogens (tertiary/aromatic N) is 1. The monoisotopic (exact) mass is 327 g/mol. The molecule has 2 saturated heterocycles. The van der Waals surface area contributed by atoms with Crippen LogP contribution in [0.5, 0.6) is 0 Å². The second kappa shape index (κ2) is 4.54. The fourth-order valence-corrected chi connectivity index (χ4v) is 4.18. The van der Waals surface area contributed by atoms with E-state index in [2.05, 4.69) is 0 Å². The molecule has 0 saturated carbocycles. The van der Waals surface area contributed by atoms with Crippen molar-refractivity contribution in [1.82, 2.24) is 0 Å². The summed E-state index contributed by atoms with van der Waals surface area (Å²) in [4.78, 5) is 38.8. The summed E-state index contributed by atoms with van der Waals surface area (Å²) >= 11 is 0. The van der Waals surface area contributed by atoms with Crippen LogP contribution in [-0.2, 0) is 19.1 Å². The van der Waals surface area contributed by atoms with E-state index in [0.717, 1.165) is 0 Å². The Morgan fingerprint density at radius 2 is 1.71 bits per heavy atom. The largest absolute Gasteiger partial charge is 0.465 e. The molecule has 6 nitrogen and oxygen atoms in total. The second-order valence-electron chi connectivity index (χ2n) is 6.81. The van der Waals surface area contributed by atoms with Crippen molar-refractivity contribution in [2.45, 2.75) is 25.0 Å². The fraction of sp³-hybridized carbons (Fsp3) is 0.389. The maximum absolute atomic E-state index is 13.0. The Hall–Kier alpha value is -2.47. The van der Waals surface area contributed by atoms with Crippen molar-refractivity contribution in [3.05, 3.63) is 42.0 Å². The van der Waals surface area contributed by atoms with Gasteiger partial charge in [-0.3, -0.25) is 9.59 Å². The van der Waals surface area contributed by atoms with Crippen molar-refractivity contribution in [2.75, 3.05) is 12.0 Å². The molecule has 4 atom stereocenters. The van der Waals surface area contributed by atoms with Gasteiger partial charge in [0.15, 0.2) is 0 Å². The molecule has 124 valence electrons. The minimum atomic E-state index is -0.763. The van der Waals surface area contributed by atoms with Crippen LogP contribution >= 0.6 is 0 Å². The highest BCUT2D eigenvalue weighted by Gasteiger charge is 2.70. The van der Waals surface area contributed by atoms with E-state index in [9.17, 15) is 14.4 Å². The number of rotatable bonds is 2. The third-order valence-electron chi connectivity index (χ3n) is 5.25.